The third-order valence-electron chi connectivity index (χ3n) is 3.17. The molecule has 0 amide bonds. The summed E-state index contributed by atoms with van der Waals surface area (Å²) in [5.74, 6) is -2.18. The molecule has 1 fully saturated rings. The van der Waals surface area contributed by atoms with E-state index in [1.165, 1.54) is 0 Å². The number of carbonyl (C=O) groups is 2. The summed E-state index contributed by atoms with van der Waals surface area (Å²) in [5, 5.41) is 24.9. The van der Waals surface area contributed by atoms with Crippen LogP contribution >= 0.6 is 0 Å². The van der Waals surface area contributed by atoms with Crippen molar-refractivity contribution in [2.24, 2.45) is 11.7 Å². The van der Waals surface area contributed by atoms with Crippen LogP contribution in [-0.2, 0) is 14.4 Å². The number of carboxylic acid groups (broad SMARTS) is 2. The molecule has 0 aliphatic carbocycles. The molecule has 1 aliphatic heterocycles. The Labute approximate surface area is 133 Å². The number of piperidine rings is 1. The maximum absolute atomic E-state index is 10.0. The van der Waals surface area contributed by atoms with Gasteiger partial charge in [-0.05, 0) is 51.4 Å². The van der Waals surface area contributed by atoms with Gasteiger partial charge < -0.3 is 25.7 Å². The third-order valence-corrected chi connectivity index (χ3v) is 3.17. The van der Waals surface area contributed by atoms with Gasteiger partial charge in [-0.2, -0.15) is 0 Å². The van der Waals surface area contributed by atoms with E-state index in [1.807, 2.05) is 0 Å². The minimum Gasteiger partial charge on any atom is -0.478 e. The van der Waals surface area contributed by atoms with Crippen molar-refractivity contribution in [2.75, 3.05) is 32.8 Å². The first-order valence-corrected chi connectivity index (χ1v) is 7.18. The lowest BCUT2D eigenvalue weighted by atomic mass is 9.98. The molecule has 4 N–H and O–H groups in total. The number of hydrogen-bond donors (Lipinski definition) is 3. The predicted molar refractivity (Wildman–Crippen MR) is 80.2 cm³/mol. The Kier molecular flexibility index (Phi) is 11.2. The summed E-state index contributed by atoms with van der Waals surface area (Å²) in [5.41, 5.74) is 5.43. The van der Waals surface area contributed by atoms with Gasteiger partial charge in [0.05, 0.1) is 6.61 Å². The summed E-state index contributed by atoms with van der Waals surface area (Å²) < 4.78 is 0. The molecular formula is C13H23N3O7. The van der Waals surface area contributed by atoms with E-state index >= 15 is 0 Å². The van der Waals surface area contributed by atoms with Gasteiger partial charge in [-0.25, -0.2) is 9.59 Å². The van der Waals surface area contributed by atoms with E-state index in [-0.39, 0.29) is 6.61 Å². The van der Waals surface area contributed by atoms with Gasteiger partial charge in [-0.1, -0.05) is 0 Å². The first-order chi connectivity index (χ1) is 10.8. The van der Waals surface area contributed by atoms with E-state index in [0.29, 0.717) is 18.1 Å². The quantitative estimate of drug-likeness (QED) is 0.315. The summed E-state index contributed by atoms with van der Waals surface area (Å²) in [6.45, 7) is 4.03. The Bertz CT molecular complexity index is 390. The number of nitrogens with zero attached hydrogens (tertiary/aromatic N) is 2. The van der Waals surface area contributed by atoms with Crippen LogP contribution in [0.1, 0.15) is 19.3 Å². The Morgan fingerprint density at radius 3 is 2.17 bits per heavy atom. The molecule has 132 valence electrons. The van der Waals surface area contributed by atoms with Gasteiger partial charge >= 0.3 is 11.9 Å². The van der Waals surface area contributed by atoms with Crippen LogP contribution in [0, 0.1) is 16.0 Å². The van der Waals surface area contributed by atoms with Crippen LogP contribution in [0.2, 0.25) is 0 Å². The predicted octanol–water partition coefficient (Wildman–Crippen LogP) is -0.0327. The number of hydrogen-bond acceptors (Lipinski definition) is 7. The molecule has 10 heteroatoms. The molecular weight excluding hydrogens is 310 g/mol. The second-order valence-corrected chi connectivity index (χ2v) is 4.96. The van der Waals surface area contributed by atoms with Crippen LogP contribution in [0.4, 0.5) is 0 Å². The van der Waals surface area contributed by atoms with Crippen LogP contribution < -0.4 is 5.73 Å². The zero-order valence-electron chi connectivity index (χ0n) is 12.8. The van der Waals surface area contributed by atoms with Crippen molar-refractivity contribution in [2.45, 2.75) is 19.3 Å². The average Bonchev–Trinajstić information content (AvgIpc) is 2.50. The van der Waals surface area contributed by atoms with Crippen LogP contribution in [0.25, 0.3) is 0 Å². The van der Waals surface area contributed by atoms with Crippen molar-refractivity contribution < 1.29 is 29.7 Å². The molecule has 0 radical (unpaired) electrons. The van der Waals surface area contributed by atoms with Crippen molar-refractivity contribution in [3.05, 3.63) is 22.3 Å². The molecule has 1 saturated heterocycles. The third kappa shape index (κ3) is 13.2. The highest BCUT2D eigenvalue weighted by Crippen LogP contribution is 2.17. The molecule has 1 aliphatic rings. The molecule has 1 heterocycles. The fourth-order valence-corrected chi connectivity index (χ4v) is 2.00. The fourth-order valence-electron chi connectivity index (χ4n) is 2.00. The van der Waals surface area contributed by atoms with Crippen LogP contribution in [0.3, 0.4) is 0 Å². The number of aliphatic carboxylic acids is 2. The van der Waals surface area contributed by atoms with Crippen molar-refractivity contribution in [1.82, 2.24) is 4.90 Å². The Morgan fingerprint density at radius 2 is 1.78 bits per heavy atom. The van der Waals surface area contributed by atoms with Gasteiger partial charge in [0.1, 0.15) is 0 Å². The molecule has 0 saturated carbocycles. The standard InChI is InChI=1S/C9H19N3O3.C4H4O4/c10-4-1-5-11-6-2-9(3-7-11)8-15-12(13)14;5-3(6)1-2-4(7)8/h9H,1-8,10H2;1-2H,(H,5,6)(H,7,8). The second-order valence-electron chi connectivity index (χ2n) is 4.96. The molecule has 0 bridgehead atoms. The molecule has 1 rings (SSSR count). The van der Waals surface area contributed by atoms with Gasteiger partial charge in [0.25, 0.3) is 5.09 Å². The zero-order chi connectivity index (χ0) is 17.7. The van der Waals surface area contributed by atoms with Crippen LogP contribution in [0.5, 0.6) is 0 Å². The number of nitrogens with two attached hydrogens (primary N) is 1. The molecule has 10 nitrogen and oxygen atoms in total. The van der Waals surface area contributed by atoms with Crippen LogP contribution in [0.15, 0.2) is 12.2 Å². The highest BCUT2D eigenvalue weighted by Gasteiger charge is 2.19. The molecule has 0 atom stereocenters. The second kappa shape index (κ2) is 12.4. The number of likely N-dealkylation sites (tertiary alicyclic amines) is 1. The summed E-state index contributed by atoms with van der Waals surface area (Å²) in [6.07, 6.45) is 4.11. The van der Waals surface area contributed by atoms with Crippen molar-refractivity contribution in [1.29, 1.82) is 0 Å². The van der Waals surface area contributed by atoms with E-state index < -0.39 is 17.0 Å². The monoisotopic (exact) mass is 333 g/mol. The molecule has 0 unspecified atom stereocenters. The summed E-state index contributed by atoms with van der Waals surface area (Å²) in [7, 11) is 0. The van der Waals surface area contributed by atoms with E-state index in [1.54, 1.807) is 0 Å². The fraction of sp³-hybridized carbons (Fsp3) is 0.692. The molecule has 0 aromatic carbocycles. The maximum atomic E-state index is 10.0. The lowest BCUT2D eigenvalue weighted by molar-refractivity contribution is -0.759. The molecule has 0 aromatic heterocycles. The van der Waals surface area contributed by atoms with E-state index in [0.717, 1.165) is 45.4 Å². The van der Waals surface area contributed by atoms with E-state index in [4.69, 9.17) is 15.9 Å². The lowest BCUT2D eigenvalue weighted by Gasteiger charge is -2.31. The Morgan fingerprint density at radius 1 is 1.26 bits per heavy atom. The van der Waals surface area contributed by atoms with Gasteiger partial charge in [0.15, 0.2) is 0 Å². The molecule has 23 heavy (non-hydrogen) atoms. The Balaban J connectivity index is 0.000000515. The van der Waals surface area contributed by atoms with Crippen LogP contribution in [-0.4, -0.2) is 64.9 Å². The first-order valence-electron chi connectivity index (χ1n) is 7.18. The highest BCUT2D eigenvalue weighted by molar-refractivity contribution is 5.89. The van der Waals surface area contributed by atoms with E-state index in [2.05, 4.69) is 9.74 Å². The van der Waals surface area contributed by atoms with Gasteiger partial charge in [0, 0.05) is 12.2 Å². The van der Waals surface area contributed by atoms with Crippen molar-refractivity contribution >= 4 is 11.9 Å². The number of rotatable bonds is 8. The molecule has 0 spiro atoms. The SMILES string of the molecule is NCCCN1CCC(CO[N+](=O)[O-])CC1.O=C(O)C=CC(=O)O. The summed E-state index contributed by atoms with van der Waals surface area (Å²) in [4.78, 5) is 35.9. The zero-order valence-corrected chi connectivity index (χ0v) is 12.8. The minimum atomic E-state index is -1.26. The van der Waals surface area contributed by atoms with Crippen molar-refractivity contribution in [3.8, 4) is 0 Å². The average molecular weight is 333 g/mol. The van der Waals surface area contributed by atoms with E-state index in [9.17, 15) is 19.7 Å². The summed E-state index contributed by atoms with van der Waals surface area (Å²) in [6, 6.07) is 0. The molecule has 0 aromatic rings. The highest BCUT2D eigenvalue weighted by atomic mass is 16.9. The van der Waals surface area contributed by atoms with Gasteiger partial charge in [0.2, 0.25) is 0 Å². The van der Waals surface area contributed by atoms with Crippen molar-refractivity contribution in [3.63, 3.8) is 0 Å². The van der Waals surface area contributed by atoms with Gasteiger partial charge in [-0.3, -0.25) is 0 Å². The topological polar surface area (TPSA) is 156 Å². The lowest BCUT2D eigenvalue weighted by Crippen LogP contribution is -2.36. The Hall–Kier alpha value is -2.20. The number of carboxylic acids is 2. The maximum Gasteiger partial charge on any atom is 0.328 e. The smallest absolute Gasteiger partial charge is 0.328 e. The first kappa shape index (κ1) is 20.8. The largest absolute Gasteiger partial charge is 0.478 e. The minimum absolute atomic E-state index is 0.248. The normalized spacial score (nSPS) is 15.7. The summed E-state index contributed by atoms with van der Waals surface area (Å²) >= 11 is 0. The van der Waals surface area contributed by atoms with Gasteiger partial charge in [-0.15, -0.1) is 10.1 Å².